The van der Waals surface area contributed by atoms with Crippen LogP contribution in [0.15, 0.2) is 0 Å². The van der Waals surface area contributed by atoms with Crippen molar-refractivity contribution in [3.8, 4) is 5.75 Å². The summed E-state index contributed by atoms with van der Waals surface area (Å²) in [4.78, 5) is 10.8. The quantitative estimate of drug-likeness (QED) is 0.898. The standard InChI is InChI=1S/C8H8Cl2O3S/c1-3(2)13-5-4(9)7(10)14-6(5)8(11)12/h3H,1-2H3,(H,11,12). The zero-order valence-corrected chi connectivity index (χ0v) is 9.83. The molecule has 0 atom stereocenters. The predicted molar refractivity (Wildman–Crippen MR) is 57.1 cm³/mol. The minimum absolute atomic E-state index is 0.0358. The number of thiophene rings is 1. The van der Waals surface area contributed by atoms with Gasteiger partial charge in [-0.25, -0.2) is 4.79 Å². The molecule has 0 aliphatic carbocycles. The lowest BCUT2D eigenvalue weighted by Gasteiger charge is -2.09. The van der Waals surface area contributed by atoms with Crippen molar-refractivity contribution in [2.75, 3.05) is 0 Å². The number of carboxylic acids is 1. The minimum Gasteiger partial charge on any atom is -0.488 e. The molecule has 0 radical (unpaired) electrons. The van der Waals surface area contributed by atoms with Crippen molar-refractivity contribution in [3.63, 3.8) is 0 Å². The van der Waals surface area contributed by atoms with Crippen LogP contribution in [0.5, 0.6) is 5.75 Å². The van der Waals surface area contributed by atoms with Gasteiger partial charge < -0.3 is 9.84 Å². The van der Waals surface area contributed by atoms with E-state index < -0.39 is 5.97 Å². The first-order valence-corrected chi connectivity index (χ1v) is 5.38. The van der Waals surface area contributed by atoms with E-state index in [2.05, 4.69) is 0 Å². The second-order valence-corrected chi connectivity index (χ2v) is 4.82. The van der Waals surface area contributed by atoms with Gasteiger partial charge in [0.2, 0.25) is 0 Å². The topological polar surface area (TPSA) is 46.5 Å². The maximum Gasteiger partial charge on any atom is 0.349 e. The van der Waals surface area contributed by atoms with Gasteiger partial charge >= 0.3 is 5.97 Å². The molecule has 0 aliphatic heterocycles. The third kappa shape index (κ3) is 2.32. The van der Waals surface area contributed by atoms with Crippen LogP contribution in [0.4, 0.5) is 0 Å². The van der Waals surface area contributed by atoms with Crippen molar-refractivity contribution < 1.29 is 14.6 Å². The van der Waals surface area contributed by atoms with E-state index in [1.54, 1.807) is 13.8 Å². The van der Waals surface area contributed by atoms with E-state index >= 15 is 0 Å². The van der Waals surface area contributed by atoms with Crippen molar-refractivity contribution in [1.82, 2.24) is 0 Å². The lowest BCUT2D eigenvalue weighted by atomic mass is 10.4. The summed E-state index contributed by atoms with van der Waals surface area (Å²) in [5.41, 5.74) is 0. The Kier molecular flexibility index (Phi) is 3.64. The van der Waals surface area contributed by atoms with Crippen LogP contribution in [0.25, 0.3) is 0 Å². The summed E-state index contributed by atoms with van der Waals surface area (Å²) in [6.07, 6.45) is -0.142. The van der Waals surface area contributed by atoms with Crippen LogP contribution in [-0.2, 0) is 0 Å². The molecule has 0 saturated carbocycles. The normalized spacial score (nSPS) is 10.6. The summed E-state index contributed by atoms with van der Waals surface area (Å²) >= 11 is 12.4. The van der Waals surface area contributed by atoms with Gasteiger partial charge in [-0.15, -0.1) is 11.3 Å². The number of hydrogen-bond acceptors (Lipinski definition) is 3. The number of rotatable bonds is 3. The summed E-state index contributed by atoms with van der Waals surface area (Å²) in [5.74, 6) is -0.927. The molecule has 0 aliphatic rings. The molecule has 0 bridgehead atoms. The molecule has 6 heteroatoms. The lowest BCUT2D eigenvalue weighted by Crippen LogP contribution is -2.08. The van der Waals surface area contributed by atoms with Crippen LogP contribution in [0.2, 0.25) is 9.36 Å². The van der Waals surface area contributed by atoms with Crippen LogP contribution in [0.3, 0.4) is 0 Å². The van der Waals surface area contributed by atoms with Gasteiger partial charge in [-0.05, 0) is 13.8 Å². The molecule has 1 aromatic heterocycles. The SMILES string of the molecule is CC(C)Oc1c(C(=O)O)sc(Cl)c1Cl. The van der Waals surface area contributed by atoms with Gasteiger partial charge in [0, 0.05) is 0 Å². The maximum atomic E-state index is 10.8. The van der Waals surface area contributed by atoms with Crippen LogP contribution in [0, 0.1) is 0 Å². The Morgan fingerprint density at radius 2 is 2.07 bits per heavy atom. The van der Waals surface area contributed by atoms with Crippen molar-refractivity contribution in [3.05, 3.63) is 14.2 Å². The summed E-state index contributed by atoms with van der Waals surface area (Å²) in [6, 6.07) is 0. The fourth-order valence-corrected chi connectivity index (χ4v) is 2.17. The Hall–Kier alpha value is -0.450. The molecule has 14 heavy (non-hydrogen) atoms. The molecular formula is C8H8Cl2O3S. The van der Waals surface area contributed by atoms with Gasteiger partial charge in [-0.1, -0.05) is 23.2 Å². The highest BCUT2D eigenvalue weighted by Gasteiger charge is 2.22. The molecule has 3 nitrogen and oxygen atoms in total. The zero-order valence-electron chi connectivity index (χ0n) is 7.51. The zero-order chi connectivity index (χ0) is 10.9. The maximum absolute atomic E-state index is 10.8. The minimum atomic E-state index is -1.08. The summed E-state index contributed by atoms with van der Waals surface area (Å²) < 4.78 is 5.51. The highest BCUT2D eigenvalue weighted by Crippen LogP contribution is 2.43. The molecule has 1 N–H and O–H groups in total. The van der Waals surface area contributed by atoms with Crippen molar-refractivity contribution in [1.29, 1.82) is 0 Å². The average molecular weight is 255 g/mol. The Bertz CT molecular complexity index is 360. The van der Waals surface area contributed by atoms with Gasteiger partial charge in [0.05, 0.1) is 6.10 Å². The van der Waals surface area contributed by atoms with Crippen LogP contribution in [0.1, 0.15) is 23.5 Å². The Morgan fingerprint density at radius 3 is 2.50 bits per heavy atom. The first-order chi connectivity index (χ1) is 6.43. The second-order valence-electron chi connectivity index (χ2n) is 2.82. The Labute approximate surface area is 95.2 Å². The number of carboxylic acid groups (broad SMARTS) is 1. The van der Waals surface area contributed by atoms with E-state index in [-0.39, 0.29) is 26.1 Å². The summed E-state index contributed by atoms with van der Waals surface area (Å²) in [6.45, 7) is 3.57. The molecule has 0 saturated heterocycles. The van der Waals surface area contributed by atoms with E-state index in [1.807, 2.05) is 0 Å². The third-order valence-electron chi connectivity index (χ3n) is 1.32. The smallest absolute Gasteiger partial charge is 0.349 e. The molecule has 1 aromatic rings. The average Bonchev–Trinajstić information content (AvgIpc) is 2.32. The van der Waals surface area contributed by atoms with Crippen molar-refractivity contribution >= 4 is 40.5 Å². The number of halogens is 2. The molecule has 0 amide bonds. The van der Waals surface area contributed by atoms with E-state index in [1.165, 1.54) is 0 Å². The first-order valence-electron chi connectivity index (χ1n) is 3.81. The fourth-order valence-electron chi connectivity index (χ4n) is 0.851. The Morgan fingerprint density at radius 1 is 1.50 bits per heavy atom. The largest absolute Gasteiger partial charge is 0.488 e. The fraction of sp³-hybridized carbons (Fsp3) is 0.375. The van der Waals surface area contributed by atoms with Gasteiger partial charge in [-0.3, -0.25) is 0 Å². The van der Waals surface area contributed by atoms with Crippen molar-refractivity contribution in [2.24, 2.45) is 0 Å². The van der Waals surface area contributed by atoms with E-state index in [4.69, 9.17) is 33.0 Å². The van der Waals surface area contributed by atoms with E-state index in [0.717, 1.165) is 11.3 Å². The molecule has 1 rings (SSSR count). The molecule has 0 spiro atoms. The van der Waals surface area contributed by atoms with E-state index in [0.29, 0.717) is 0 Å². The van der Waals surface area contributed by atoms with Crippen LogP contribution < -0.4 is 4.74 Å². The monoisotopic (exact) mass is 254 g/mol. The highest BCUT2D eigenvalue weighted by atomic mass is 35.5. The molecule has 1 heterocycles. The van der Waals surface area contributed by atoms with Gasteiger partial charge in [0.1, 0.15) is 9.36 Å². The second kappa shape index (κ2) is 4.38. The summed E-state index contributed by atoms with van der Waals surface area (Å²) in [7, 11) is 0. The molecule has 0 aromatic carbocycles. The number of carbonyl (C=O) groups is 1. The predicted octanol–water partition coefficient (Wildman–Crippen LogP) is 3.54. The van der Waals surface area contributed by atoms with Crippen LogP contribution in [-0.4, -0.2) is 17.2 Å². The third-order valence-corrected chi connectivity index (χ3v) is 3.25. The number of hydrogen-bond donors (Lipinski definition) is 1. The van der Waals surface area contributed by atoms with Crippen molar-refractivity contribution in [2.45, 2.75) is 20.0 Å². The number of aromatic carboxylic acids is 1. The lowest BCUT2D eigenvalue weighted by molar-refractivity contribution is 0.0696. The van der Waals surface area contributed by atoms with Gasteiger partial charge in [0.15, 0.2) is 10.6 Å². The first kappa shape index (κ1) is 11.6. The summed E-state index contributed by atoms with van der Waals surface area (Å²) in [5, 5.41) is 9.00. The molecule has 0 unspecified atom stereocenters. The molecule has 0 fully saturated rings. The van der Waals surface area contributed by atoms with Crippen LogP contribution >= 0.6 is 34.5 Å². The molecule has 78 valence electrons. The Balaban J connectivity index is 3.16. The number of ether oxygens (including phenoxy) is 1. The highest BCUT2D eigenvalue weighted by molar-refractivity contribution is 7.19. The van der Waals surface area contributed by atoms with E-state index in [9.17, 15) is 4.79 Å². The molecular weight excluding hydrogens is 247 g/mol. The van der Waals surface area contributed by atoms with Gasteiger partial charge in [0.25, 0.3) is 0 Å². The van der Waals surface area contributed by atoms with Gasteiger partial charge in [-0.2, -0.15) is 0 Å².